The lowest BCUT2D eigenvalue weighted by Gasteiger charge is -2.16. The molecular formula is C20H14N6O2S. The highest BCUT2D eigenvalue weighted by Gasteiger charge is 2.21. The average molecular weight is 402 g/mol. The molecule has 0 aliphatic carbocycles. The van der Waals surface area contributed by atoms with Crippen molar-refractivity contribution in [2.75, 3.05) is 6.54 Å². The van der Waals surface area contributed by atoms with Gasteiger partial charge < -0.3 is 9.15 Å². The molecule has 0 fully saturated rings. The number of rotatable bonds is 3. The highest BCUT2D eigenvalue weighted by molar-refractivity contribution is 7.17. The van der Waals surface area contributed by atoms with Crippen LogP contribution in [0.25, 0.3) is 27.7 Å². The van der Waals surface area contributed by atoms with E-state index in [-0.39, 0.29) is 0 Å². The van der Waals surface area contributed by atoms with E-state index in [1.807, 2.05) is 31.2 Å². The Labute approximate surface area is 169 Å². The number of fused-ring (bicyclic) bond motifs is 2. The minimum Gasteiger partial charge on any atom is -0.436 e. The smallest absolute Gasteiger partial charge is 0.246 e. The van der Waals surface area contributed by atoms with Crippen molar-refractivity contribution in [3.05, 3.63) is 65.6 Å². The molecule has 5 heterocycles. The summed E-state index contributed by atoms with van der Waals surface area (Å²) in [4.78, 5) is 27.9. The second-order valence-electron chi connectivity index (χ2n) is 6.00. The minimum absolute atomic E-state index is 0.412. The fourth-order valence-electron chi connectivity index (χ4n) is 2.85. The summed E-state index contributed by atoms with van der Waals surface area (Å²) < 4.78 is 11.7. The first-order chi connectivity index (χ1) is 14.2. The van der Waals surface area contributed by atoms with Crippen molar-refractivity contribution in [2.24, 2.45) is 9.98 Å². The van der Waals surface area contributed by atoms with E-state index >= 15 is 0 Å². The van der Waals surface area contributed by atoms with Crippen LogP contribution in [-0.4, -0.2) is 32.4 Å². The van der Waals surface area contributed by atoms with Crippen molar-refractivity contribution in [2.45, 2.75) is 6.92 Å². The molecule has 8 nitrogen and oxygen atoms in total. The molecule has 0 atom stereocenters. The highest BCUT2D eigenvalue weighted by atomic mass is 32.1. The second kappa shape index (κ2) is 7.02. The van der Waals surface area contributed by atoms with E-state index in [1.54, 1.807) is 18.6 Å². The summed E-state index contributed by atoms with van der Waals surface area (Å²) in [5, 5.41) is 0. The summed E-state index contributed by atoms with van der Waals surface area (Å²) in [5.74, 6) is 1.35. The predicted molar refractivity (Wildman–Crippen MR) is 110 cm³/mol. The van der Waals surface area contributed by atoms with E-state index in [2.05, 4.69) is 36.5 Å². The summed E-state index contributed by atoms with van der Waals surface area (Å²) in [6, 6.07) is 7.51. The van der Waals surface area contributed by atoms with Gasteiger partial charge in [0.1, 0.15) is 11.5 Å². The van der Waals surface area contributed by atoms with E-state index in [0.29, 0.717) is 46.5 Å². The van der Waals surface area contributed by atoms with Gasteiger partial charge in [-0.3, -0.25) is 4.98 Å². The van der Waals surface area contributed by atoms with Crippen LogP contribution in [0, 0.1) is 0 Å². The van der Waals surface area contributed by atoms with Gasteiger partial charge >= 0.3 is 0 Å². The van der Waals surface area contributed by atoms with Crippen LogP contribution in [-0.2, 0) is 4.74 Å². The largest absolute Gasteiger partial charge is 0.436 e. The monoisotopic (exact) mass is 402 g/mol. The van der Waals surface area contributed by atoms with Gasteiger partial charge in [-0.15, -0.1) is 11.3 Å². The molecule has 9 heteroatoms. The second-order valence-corrected chi connectivity index (χ2v) is 7.09. The van der Waals surface area contributed by atoms with E-state index in [4.69, 9.17) is 9.15 Å². The van der Waals surface area contributed by atoms with Crippen LogP contribution in [0.5, 0.6) is 0 Å². The Balaban J connectivity index is 1.59. The Bertz CT molecular complexity index is 1350. The molecule has 29 heavy (non-hydrogen) atoms. The first-order valence-corrected chi connectivity index (χ1v) is 9.68. The third kappa shape index (κ3) is 3.11. The molecule has 1 aliphatic heterocycles. The number of aromatic nitrogens is 4. The summed E-state index contributed by atoms with van der Waals surface area (Å²) in [6.07, 6.45) is 4.87. The molecule has 142 valence electrons. The highest BCUT2D eigenvalue weighted by Crippen LogP contribution is 2.34. The maximum absolute atomic E-state index is 5.92. The molecule has 0 radical (unpaired) electrons. The van der Waals surface area contributed by atoms with Gasteiger partial charge in [-0.2, -0.15) is 4.98 Å². The zero-order valence-electron chi connectivity index (χ0n) is 15.4. The van der Waals surface area contributed by atoms with Crippen molar-refractivity contribution >= 4 is 39.8 Å². The molecule has 4 aromatic heterocycles. The lowest BCUT2D eigenvalue weighted by Crippen LogP contribution is -2.09. The summed E-state index contributed by atoms with van der Waals surface area (Å²) in [6.45, 7) is 6.44. The number of thiophene rings is 1. The van der Waals surface area contributed by atoms with Crippen molar-refractivity contribution in [1.29, 1.82) is 0 Å². The average Bonchev–Trinajstić information content (AvgIpc) is 3.24. The molecule has 1 aliphatic rings. The van der Waals surface area contributed by atoms with Crippen molar-refractivity contribution in [3.63, 3.8) is 0 Å². The van der Waals surface area contributed by atoms with Gasteiger partial charge in [0.05, 0.1) is 15.4 Å². The minimum atomic E-state index is 0.412. The van der Waals surface area contributed by atoms with Crippen LogP contribution in [0.3, 0.4) is 0 Å². The number of aliphatic imine (C=N–C) groups is 1. The fourth-order valence-corrected chi connectivity index (χ4v) is 3.71. The third-order valence-electron chi connectivity index (χ3n) is 4.10. The first-order valence-electron chi connectivity index (χ1n) is 8.86. The van der Waals surface area contributed by atoms with Gasteiger partial charge in [0.15, 0.2) is 11.2 Å². The SMILES string of the molecule is C=C1OC(c2ccc(-c3nc4nccnc4c(=NCC)o3)s2)=Nc2cccnc21. The van der Waals surface area contributed by atoms with Gasteiger partial charge in [0.2, 0.25) is 17.3 Å². The molecule has 0 saturated carbocycles. The van der Waals surface area contributed by atoms with E-state index in [9.17, 15) is 0 Å². The maximum atomic E-state index is 5.92. The maximum Gasteiger partial charge on any atom is 0.246 e. The molecule has 0 aromatic carbocycles. The Morgan fingerprint density at radius 1 is 1.07 bits per heavy atom. The molecule has 0 N–H and O–H groups in total. The normalized spacial score (nSPS) is 13.9. The molecular weight excluding hydrogens is 388 g/mol. The number of pyridine rings is 1. The van der Waals surface area contributed by atoms with Crippen LogP contribution < -0.4 is 5.55 Å². The van der Waals surface area contributed by atoms with Crippen molar-refractivity contribution < 1.29 is 9.15 Å². The van der Waals surface area contributed by atoms with Gasteiger partial charge in [-0.1, -0.05) is 6.58 Å². The Kier molecular flexibility index (Phi) is 4.21. The molecule has 0 spiro atoms. The molecule has 0 saturated heterocycles. The van der Waals surface area contributed by atoms with Crippen LogP contribution in [0.2, 0.25) is 0 Å². The van der Waals surface area contributed by atoms with E-state index in [0.717, 1.165) is 15.4 Å². The van der Waals surface area contributed by atoms with Crippen LogP contribution >= 0.6 is 11.3 Å². The first kappa shape index (κ1) is 17.4. The van der Waals surface area contributed by atoms with Crippen LogP contribution in [0.4, 0.5) is 5.69 Å². The summed E-state index contributed by atoms with van der Waals surface area (Å²) >= 11 is 1.44. The number of ether oxygens (including phenoxy) is 1. The van der Waals surface area contributed by atoms with E-state index < -0.39 is 0 Å². The van der Waals surface area contributed by atoms with Gasteiger partial charge in [0.25, 0.3) is 0 Å². The Hall–Kier alpha value is -3.72. The van der Waals surface area contributed by atoms with Crippen molar-refractivity contribution in [1.82, 2.24) is 19.9 Å². The van der Waals surface area contributed by atoms with Gasteiger partial charge in [-0.25, -0.2) is 20.0 Å². The molecule has 0 unspecified atom stereocenters. The Morgan fingerprint density at radius 2 is 1.93 bits per heavy atom. The van der Waals surface area contributed by atoms with Crippen LogP contribution in [0.15, 0.2) is 63.8 Å². The zero-order valence-corrected chi connectivity index (χ0v) is 16.2. The quantitative estimate of drug-likeness (QED) is 0.518. The molecule has 5 rings (SSSR count). The number of hydrogen-bond acceptors (Lipinski definition) is 9. The lowest BCUT2D eigenvalue weighted by molar-refractivity contribution is 0.497. The molecule has 0 amide bonds. The molecule has 4 aromatic rings. The topological polar surface area (TPSA) is 98.7 Å². The summed E-state index contributed by atoms with van der Waals surface area (Å²) in [7, 11) is 0. The zero-order chi connectivity index (χ0) is 19.8. The number of hydrogen-bond donors (Lipinski definition) is 0. The van der Waals surface area contributed by atoms with Crippen LogP contribution in [0.1, 0.15) is 17.5 Å². The van der Waals surface area contributed by atoms with Gasteiger partial charge in [0, 0.05) is 25.1 Å². The summed E-state index contributed by atoms with van der Waals surface area (Å²) in [5.41, 5.74) is 2.80. The Morgan fingerprint density at radius 3 is 2.83 bits per heavy atom. The van der Waals surface area contributed by atoms with Gasteiger partial charge in [-0.05, 0) is 31.2 Å². The lowest BCUT2D eigenvalue weighted by atomic mass is 10.2. The molecule has 0 bridgehead atoms. The third-order valence-corrected chi connectivity index (χ3v) is 5.17. The fraction of sp³-hybridized carbons (Fsp3) is 0.100. The predicted octanol–water partition coefficient (Wildman–Crippen LogP) is 3.74. The standard InChI is InChI=1S/C20H14N6O2S/c1-3-21-20-16-17(24-10-9-23-16)26-19(28-20)14-7-6-13(29-14)18-25-12-5-4-8-22-15(12)11(2)27-18/h4-10H,2-3H2,1H3. The number of nitrogens with zero attached hydrogens (tertiary/aromatic N) is 6. The van der Waals surface area contributed by atoms with E-state index in [1.165, 1.54) is 11.3 Å². The van der Waals surface area contributed by atoms with Crippen molar-refractivity contribution in [3.8, 4) is 10.8 Å².